The predicted molar refractivity (Wildman–Crippen MR) is 110 cm³/mol. The highest BCUT2D eigenvalue weighted by Crippen LogP contribution is 2.14. The first kappa shape index (κ1) is 22.9. The van der Waals surface area contributed by atoms with Crippen molar-refractivity contribution >= 4 is 21.7 Å². The zero-order valence-electron chi connectivity index (χ0n) is 16.8. The first-order valence-corrected chi connectivity index (χ1v) is 11.5. The zero-order valence-corrected chi connectivity index (χ0v) is 17.6. The molecule has 2 atom stereocenters. The van der Waals surface area contributed by atoms with E-state index in [9.17, 15) is 17.6 Å². The Labute approximate surface area is 171 Å². The van der Waals surface area contributed by atoms with E-state index in [1.807, 2.05) is 13.8 Å². The molecule has 2 unspecified atom stereocenters. The Morgan fingerprint density at radius 2 is 2.17 bits per heavy atom. The van der Waals surface area contributed by atoms with E-state index in [1.165, 1.54) is 12.1 Å². The van der Waals surface area contributed by atoms with Crippen LogP contribution in [0.25, 0.3) is 0 Å². The third-order valence-corrected chi connectivity index (χ3v) is 5.99. The zero-order chi connectivity index (χ0) is 21.3. The standard InChI is InChI=1S/C19H29FN4O4S/c1-3-21-19(23-12-14(2)28-17-6-4-5-15(20)11-17)22-9-7-18(25)24-16-8-10-29(26,27)13-16/h4-6,11,14,16H,3,7-10,12-13H2,1-2H3,(H,24,25)(H2,21,22,23). The van der Waals surface area contributed by atoms with Gasteiger partial charge in [0.2, 0.25) is 5.91 Å². The maximum atomic E-state index is 13.2. The number of halogens is 1. The van der Waals surface area contributed by atoms with Crippen LogP contribution >= 0.6 is 0 Å². The summed E-state index contributed by atoms with van der Waals surface area (Å²) >= 11 is 0. The smallest absolute Gasteiger partial charge is 0.222 e. The van der Waals surface area contributed by atoms with Gasteiger partial charge in [0.05, 0.1) is 18.1 Å². The molecule has 1 aromatic carbocycles. The van der Waals surface area contributed by atoms with Crippen LogP contribution in [-0.4, -0.2) is 63.6 Å². The number of carbonyl (C=O) groups excluding carboxylic acids is 1. The van der Waals surface area contributed by atoms with Crippen LogP contribution in [-0.2, 0) is 14.6 Å². The monoisotopic (exact) mass is 428 g/mol. The Morgan fingerprint density at radius 3 is 2.83 bits per heavy atom. The van der Waals surface area contributed by atoms with Gasteiger partial charge in [-0.1, -0.05) is 6.07 Å². The van der Waals surface area contributed by atoms with E-state index >= 15 is 0 Å². The molecular formula is C19H29FN4O4S. The van der Waals surface area contributed by atoms with Gasteiger partial charge in [0.25, 0.3) is 0 Å². The van der Waals surface area contributed by atoms with E-state index in [2.05, 4.69) is 20.9 Å². The summed E-state index contributed by atoms with van der Waals surface area (Å²) in [7, 11) is -3.02. The molecule has 0 saturated carbocycles. The second-order valence-electron chi connectivity index (χ2n) is 6.95. The van der Waals surface area contributed by atoms with Crippen molar-refractivity contribution in [1.29, 1.82) is 0 Å². The van der Waals surface area contributed by atoms with E-state index in [-0.39, 0.29) is 41.8 Å². The van der Waals surface area contributed by atoms with Gasteiger partial charge in [0.15, 0.2) is 15.8 Å². The summed E-state index contributed by atoms with van der Waals surface area (Å²) < 4.78 is 41.7. The van der Waals surface area contributed by atoms with E-state index in [4.69, 9.17) is 4.74 Å². The molecule has 162 valence electrons. The molecule has 1 saturated heterocycles. The van der Waals surface area contributed by atoms with Crippen LogP contribution in [0, 0.1) is 5.82 Å². The summed E-state index contributed by atoms with van der Waals surface area (Å²) in [6, 6.07) is 5.64. The van der Waals surface area contributed by atoms with Gasteiger partial charge in [-0.3, -0.25) is 4.79 Å². The van der Waals surface area contributed by atoms with Gasteiger partial charge in [0, 0.05) is 31.6 Å². The maximum Gasteiger partial charge on any atom is 0.222 e. The Hall–Kier alpha value is -2.36. The van der Waals surface area contributed by atoms with E-state index in [0.29, 0.717) is 37.8 Å². The molecular weight excluding hydrogens is 399 g/mol. The lowest BCUT2D eigenvalue weighted by molar-refractivity contribution is -0.121. The van der Waals surface area contributed by atoms with E-state index in [1.54, 1.807) is 12.1 Å². The molecule has 29 heavy (non-hydrogen) atoms. The van der Waals surface area contributed by atoms with Crippen molar-refractivity contribution in [2.75, 3.05) is 31.1 Å². The summed E-state index contributed by atoms with van der Waals surface area (Å²) in [5.41, 5.74) is 0. The number of amides is 1. The number of hydrogen-bond donors (Lipinski definition) is 3. The van der Waals surface area contributed by atoms with Gasteiger partial charge in [-0.05, 0) is 32.4 Å². The van der Waals surface area contributed by atoms with Gasteiger partial charge in [-0.15, -0.1) is 0 Å². The number of guanidine groups is 1. The fourth-order valence-electron chi connectivity index (χ4n) is 2.87. The highest BCUT2D eigenvalue weighted by molar-refractivity contribution is 7.91. The Morgan fingerprint density at radius 1 is 1.38 bits per heavy atom. The molecule has 10 heteroatoms. The van der Waals surface area contributed by atoms with Crippen molar-refractivity contribution in [2.45, 2.75) is 38.8 Å². The molecule has 0 spiro atoms. The number of carbonyl (C=O) groups is 1. The number of benzene rings is 1. The average molecular weight is 429 g/mol. The summed E-state index contributed by atoms with van der Waals surface area (Å²) in [6.45, 7) is 5.11. The van der Waals surface area contributed by atoms with Crippen molar-refractivity contribution in [2.24, 2.45) is 4.99 Å². The summed E-state index contributed by atoms with van der Waals surface area (Å²) in [5, 5.41) is 8.90. The minimum absolute atomic E-state index is 0.0134. The van der Waals surface area contributed by atoms with Crippen molar-refractivity contribution in [1.82, 2.24) is 16.0 Å². The number of nitrogens with zero attached hydrogens (tertiary/aromatic N) is 1. The molecule has 3 N–H and O–H groups in total. The van der Waals surface area contributed by atoms with Crippen LogP contribution in [0.2, 0.25) is 0 Å². The quantitative estimate of drug-likeness (QED) is 0.397. The number of aliphatic imine (C=N–C) groups is 1. The normalized spacial score (nSPS) is 19.4. The molecule has 0 bridgehead atoms. The van der Waals surface area contributed by atoms with Crippen LogP contribution in [0.15, 0.2) is 29.3 Å². The Kier molecular flexibility index (Phi) is 8.69. The second kappa shape index (κ2) is 11.0. The van der Waals surface area contributed by atoms with Crippen molar-refractivity contribution in [3.8, 4) is 5.75 Å². The fraction of sp³-hybridized carbons (Fsp3) is 0.579. The Bertz CT molecular complexity index is 816. The maximum absolute atomic E-state index is 13.2. The summed E-state index contributed by atoms with van der Waals surface area (Å²) in [5.74, 6) is 0.567. The van der Waals surface area contributed by atoms with Gasteiger partial charge in [-0.25, -0.2) is 17.8 Å². The lowest BCUT2D eigenvalue weighted by Crippen LogP contribution is -2.41. The molecule has 1 aliphatic heterocycles. The van der Waals surface area contributed by atoms with Gasteiger partial charge >= 0.3 is 0 Å². The second-order valence-corrected chi connectivity index (χ2v) is 9.18. The number of ether oxygens (including phenoxy) is 1. The van der Waals surface area contributed by atoms with E-state index in [0.717, 1.165) is 0 Å². The molecule has 1 fully saturated rings. The van der Waals surface area contributed by atoms with Gasteiger partial charge in [0.1, 0.15) is 17.7 Å². The molecule has 1 aromatic rings. The molecule has 1 heterocycles. The Balaban J connectivity index is 1.74. The summed E-state index contributed by atoms with van der Waals surface area (Å²) in [4.78, 5) is 16.4. The largest absolute Gasteiger partial charge is 0.489 e. The predicted octanol–water partition coefficient (Wildman–Crippen LogP) is 0.842. The average Bonchev–Trinajstić information content (AvgIpc) is 2.98. The number of sulfone groups is 1. The minimum atomic E-state index is -3.02. The van der Waals surface area contributed by atoms with Crippen molar-refractivity contribution in [3.63, 3.8) is 0 Å². The molecule has 0 radical (unpaired) electrons. The summed E-state index contributed by atoms with van der Waals surface area (Å²) in [6.07, 6.45) is 0.408. The lowest BCUT2D eigenvalue weighted by Gasteiger charge is -2.15. The molecule has 0 aliphatic carbocycles. The van der Waals surface area contributed by atoms with Crippen molar-refractivity contribution in [3.05, 3.63) is 30.1 Å². The first-order chi connectivity index (χ1) is 13.8. The van der Waals surface area contributed by atoms with Crippen LogP contribution < -0.4 is 20.7 Å². The number of rotatable bonds is 9. The van der Waals surface area contributed by atoms with Crippen LogP contribution in [0.1, 0.15) is 26.7 Å². The SMILES string of the molecule is CCNC(=NCC(C)Oc1cccc(F)c1)NCCC(=O)NC1CCS(=O)(=O)C1. The third-order valence-electron chi connectivity index (χ3n) is 4.23. The molecule has 1 aliphatic rings. The van der Waals surface area contributed by atoms with Crippen LogP contribution in [0.5, 0.6) is 5.75 Å². The molecule has 0 aromatic heterocycles. The van der Waals surface area contributed by atoms with Crippen LogP contribution in [0.4, 0.5) is 4.39 Å². The molecule has 1 amide bonds. The highest BCUT2D eigenvalue weighted by Gasteiger charge is 2.28. The van der Waals surface area contributed by atoms with Gasteiger partial charge in [-0.2, -0.15) is 0 Å². The molecule has 2 rings (SSSR count). The van der Waals surface area contributed by atoms with E-state index < -0.39 is 9.84 Å². The van der Waals surface area contributed by atoms with Crippen LogP contribution in [0.3, 0.4) is 0 Å². The number of nitrogens with one attached hydrogen (secondary N) is 3. The molecule has 8 nitrogen and oxygen atoms in total. The highest BCUT2D eigenvalue weighted by atomic mass is 32.2. The number of hydrogen-bond acceptors (Lipinski definition) is 5. The van der Waals surface area contributed by atoms with Crippen molar-refractivity contribution < 1.29 is 22.3 Å². The topological polar surface area (TPSA) is 109 Å². The minimum Gasteiger partial charge on any atom is -0.489 e. The lowest BCUT2D eigenvalue weighted by atomic mass is 10.2. The third kappa shape index (κ3) is 8.68. The first-order valence-electron chi connectivity index (χ1n) is 9.71. The fourth-order valence-corrected chi connectivity index (χ4v) is 4.55. The van der Waals surface area contributed by atoms with Gasteiger partial charge < -0.3 is 20.7 Å².